The van der Waals surface area contributed by atoms with Crippen molar-refractivity contribution in [2.75, 3.05) is 7.11 Å². The summed E-state index contributed by atoms with van der Waals surface area (Å²) in [6.07, 6.45) is 0. The van der Waals surface area contributed by atoms with Gasteiger partial charge in [0.05, 0.1) is 23.3 Å². The Morgan fingerprint density at radius 1 is 0.971 bits per heavy atom. The molecule has 1 heterocycles. The highest BCUT2D eigenvalue weighted by Crippen LogP contribution is 2.34. The van der Waals surface area contributed by atoms with Crippen LogP contribution >= 0.6 is 11.6 Å². The van der Waals surface area contributed by atoms with Crippen molar-refractivity contribution < 1.29 is 28.4 Å². The molecule has 0 atom stereocenters. The molecule has 168 valence electrons. The van der Waals surface area contributed by atoms with Crippen molar-refractivity contribution in [1.82, 2.24) is 10.1 Å². The molecule has 34 heavy (non-hydrogen) atoms. The highest BCUT2D eigenvalue weighted by Gasteiger charge is 2.33. The van der Waals surface area contributed by atoms with Crippen molar-refractivity contribution in [2.24, 2.45) is 0 Å². The molecule has 0 bridgehead atoms. The van der Waals surface area contributed by atoms with Crippen molar-refractivity contribution in [2.45, 2.75) is 6.61 Å². The van der Waals surface area contributed by atoms with Gasteiger partial charge in [0.2, 0.25) is 5.82 Å². The second-order valence-corrected chi connectivity index (χ2v) is 7.75. The first kappa shape index (κ1) is 21.5. The van der Waals surface area contributed by atoms with Crippen molar-refractivity contribution in [3.63, 3.8) is 0 Å². The standard InChI is InChI=1S/C25H15ClN2O6/c1-32-14-6-4-5-13(11-14)24-27-19(34-28-24)12-33-25(31)18-10-9-17-20(21(18)26)23(30)16-8-3-2-7-15(16)22(17)29/h2-11H,12H2,1H3. The molecule has 8 nitrogen and oxygen atoms in total. The van der Waals surface area contributed by atoms with E-state index in [1.54, 1.807) is 55.6 Å². The second kappa shape index (κ2) is 8.57. The number of methoxy groups -OCH3 is 1. The lowest BCUT2D eigenvalue weighted by molar-refractivity contribution is 0.0430. The number of fused-ring (bicyclic) bond motifs is 2. The molecule has 0 saturated carbocycles. The zero-order valence-corrected chi connectivity index (χ0v) is 18.5. The molecule has 1 aliphatic carbocycles. The van der Waals surface area contributed by atoms with Crippen molar-refractivity contribution in [3.05, 3.63) is 99.4 Å². The molecular formula is C25H15ClN2O6. The van der Waals surface area contributed by atoms with E-state index in [4.69, 9.17) is 25.6 Å². The first-order chi connectivity index (χ1) is 16.5. The highest BCUT2D eigenvalue weighted by atomic mass is 35.5. The van der Waals surface area contributed by atoms with Gasteiger partial charge in [0.15, 0.2) is 18.2 Å². The minimum Gasteiger partial charge on any atom is -0.497 e. The molecule has 0 N–H and O–H groups in total. The van der Waals surface area contributed by atoms with Crippen LogP contribution in [0.1, 0.15) is 48.1 Å². The molecule has 0 aliphatic heterocycles. The predicted molar refractivity (Wildman–Crippen MR) is 120 cm³/mol. The largest absolute Gasteiger partial charge is 0.497 e. The average molecular weight is 475 g/mol. The topological polar surface area (TPSA) is 109 Å². The Kier molecular flexibility index (Phi) is 5.43. The summed E-state index contributed by atoms with van der Waals surface area (Å²) in [5.74, 6) is -0.548. The van der Waals surface area contributed by atoms with E-state index in [1.165, 1.54) is 12.1 Å². The van der Waals surface area contributed by atoms with E-state index in [2.05, 4.69) is 10.1 Å². The van der Waals surface area contributed by atoms with E-state index in [-0.39, 0.29) is 45.6 Å². The van der Waals surface area contributed by atoms with E-state index in [0.717, 1.165) is 0 Å². The number of ether oxygens (including phenoxy) is 2. The van der Waals surface area contributed by atoms with Crippen LogP contribution in [0.15, 0.2) is 65.2 Å². The van der Waals surface area contributed by atoms with Gasteiger partial charge in [-0.2, -0.15) is 4.98 Å². The van der Waals surface area contributed by atoms with Crippen LogP contribution in [0.25, 0.3) is 11.4 Å². The Morgan fingerprint density at radius 3 is 2.50 bits per heavy atom. The predicted octanol–water partition coefficient (Wildman–Crippen LogP) is 4.53. The van der Waals surface area contributed by atoms with Crippen LogP contribution in [-0.2, 0) is 11.3 Å². The third kappa shape index (κ3) is 3.64. The van der Waals surface area contributed by atoms with Crippen molar-refractivity contribution >= 4 is 29.1 Å². The van der Waals surface area contributed by atoms with Crippen LogP contribution < -0.4 is 4.74 Å². The van der Waals surface area contributed by atoms with Gasteiger partial charge in [-0.05, 0) is 24.3 Å². The summed E-state index contributed by atoms with van der Waals surface area (Å²) in [7, 11) is 1.55. The van der Waals surface area contributed by atoms with Crippen LogP contribution in [0.2, 0.25) is 5.02 Å². The van der Waals surface area contributed by atoms with Crippen LogP contribution in [0, 0.1) is 0 Å². The molecule has 1 aliphatic rings. The van der Waals surface area contributed by atoms with E-state index < -0.39 is 11.8 Å². The smallest absolute Gasteiger partial charge is 0.340 e. The van der Waals surface area contributed by atoms with Crippen LogP contribution in [-0.4, -0.2) is 34.8 Å². The Bertz CT molecular complexity index is 1480. The van der Waals surface area contributed by atoms with E-state index in [9.17, 15) is 14.4 Å². The summed E-state index contributed by atoms with van der Waals surface area (Å²) in [4.78, 5) is 42.7. The van der Waals surface area contributed by atoms with Gasteiger partial charge in [-0.25, -0.2) is 4.79 Å². The fraction of sp³-hybridized carbons (Fsp3) is 0.0800. The monoisotopic (exact) mass is 474 g/mol. The summed E-state index contributed by atoms with van der Waals surface area (Å²) in [5.41, 5.74) is 1.29. The van der Waals surface area contributed by atoms with Gasteiger partial charge >= 0.3 is 5.97 Å². The van der Waals surface area contributed by atoms with E-state index >= 15 is 0 Å². The summed E-state index contributed by atoms with van der Waals surface area (Å²) in [6, 6.07) is 16.3. The number of esters is 1. The van der Waals surface area contributed by atoms with E-state index in [1.807, 2.05) is 0 Å². The van der Waals surface area contributed by atoms with Gasteiger partial charge in [0, 0.05) is 22.3 Å². The van der Waals surface area contributed by atoms with E-state index in [0.29, 0.717) is 22.7 Å². The first-order valence-electron chi connectivity index (χ1n) is 10.1. The third-order valence-electron chi connectivity index (χ3n) is 5.37. The van der Waals surface area contributed by atoms with Crippen LogP contribution in [0.3, 0.4) is 0 Å². The Hall–Kier alpha value is -4.30. The molecule has 0 unspecified atom stereocenters. The molecule has 4 aromatic rings. The maximum Gasteiger partial charge on any atom is 0.340 e. The molecule has 5 rings (SSSR count). The Labute approximate surface area is 198 Å². The number of rotatable bonds is 5. The normalized spacial score (nSPS) is 12.2. The van der Waals surface area contributed by atoms with Crippen molar-refractivity contribution in [3.8, 4) is 17.1 Å². The Morgan fingerprint density at radius 2 is 1.74 bits per heavy atom. The summed E-state index contributed by atoms with van der Waals surface area (Å²) < 4.78 is 15.6. The molecule has 3 aromatic carbocycles. The second-order valence-electron chi connectivity index (χ2n) is 7.37. The quantitative estimate of drug-likeness (QED) is 0.342. The van der Waals surface area contributed by atoms with Gasteiger partial charge in [-0.15, -0.1) is 0 Å². The van der Waals surface area contributed by atoms with Gasteiger partial charge in [0.1, 0.15) is 5.75 Å². The maximum absolute atomic E-state index is 13.0. The minimum atomic E-state index is -0.798. The third-order valence-corrected chi connectivity index (χ3v) is 5.77. The molecule has 9 heteroatoms. The lowest BCUT2D eigenvalue weighted by Crippen LogP contribution is -2.22. The van der Waals surface area contributed by atoms with Gasteiger partial charge in [-0.1, -0.05) is 53.2 Å². The maximum atomic E-state index is 13.0. The molecule has 1 aromatic heterocycles. The fourth-order valence-electron chi connectivity index (χ4n) is 3.70. The molecular weight excluding hydrogens is 460 g/mol. The number of halogens is 1. The summed E-state index contributed by atoms with van der Waals surface area (Å²) >= 11 is 6.41. The van der Waals surface area contributed by atoms with Gasteiger partial charge in [-0.3, -0.25) is 9.59 Å². The summed E-state index contributed by atoms with van der Waals surface area (Å²) in [6.45, 7) is -0.307. The number of hydrogen-bond acceptors (Lipinski definition) is 8. The zero-order valence-electron chi connectivity index (χ0n) is 17.7. The number of nitrogens with zero attached hydrogens (tertiary/aromatic N) is 2. The van der Waals surface area contributed by atoms with Crippen LogP contribution in [0.4, 0.5) is 0 Å². The molecule has 0 spiro atoms. The van der Waals surface area contributed by atoms with Gasteiger partial charge < -0.3 is 14.0 Å². The number of ketones is 2. The number of benzene rings is 3. The average Bonchev–Trinajstić information content (AvgIpc) is 3.35. The number of carbonyl (C=O) groups is 3. The zero-order chi connectivity index (χ0) is 23.8. The molecule has 0 radical (unpaired) electrons. The SMILES string of the molecule is COc1cccc(-c2noc(COC(=O)c3ccc4c(c3Cl)C(=O)c3ccccc3C4=O)n2)c1. The first-order valence-corrected chi connectivity index (χ1v) is 10.5. The molecule has 0 amide bonds. The Balaban J connectivity index is 1.36. The number of aromatic nitrogens is 2. The lowest BCUT2D eigenvalue weighted by atomic mass is 9.83. The number of carbonyl (C=O) groups excluding carboxylic acids is 3. The minimum absolute atomic E-state index is 0.0158. The van der Waals surface area contributed by atoms with Crippen LogP contribution in [0.5, 0.6) is 5.75 Å². The molecule has 0 fully saturated rings. The lowest BCUT2D eigenvalue weighted by Gasteiger charge is -2.19. The van der Waals surface area contributed by atoms with Gasteiger partial charge in [0.25, 0.3) is 5.89 Å². The number of hydrogen-bond donors (Lipinski definition) is 0. The molecule has 0 saturated heterocycles. The fourth-order valence-corrected chi connectivity index (χ4v) is 4.03. The summed E-state index contributed by atoms with van der Waals surface area (Å²) in [5, 5.41) is 3.75. The highest BCUT2D eigenvalue weighted by molar-refractivity contribution is 6.41. The van der Waals surface area contributed by atoms with Crippen molar-refractivity contribution in [1.29, 1.82) is 0 Å².